The Labute approximate surface area is 156 Å². The molecule has 0 radical (unpaired) electrons. The van der Waals surface area contributed by atoms with Gasteiger partial charge in [0.05, 0.1) is 5.69 Å². The van der Waals surface area contributed by atoms with E-state index in [1.807, 2.05) is 60.7 Å². The van der Waals surface area contributed by atoms with Crippen molar-refractivity contribution in [1.82, 2.24) is 19.7 Å². The topological polar surface area (TPSA) is 55.6 Å². The van der Waals surface area contributed by atoms with Crippen molar-refractivity contribution in [2.75, 3.05) is 5.32 Å². The lowest BCUT2D eigenvalue weighted by Gasteiger charge is -2.10. The molecule has 26 heavy (non-hydrogen) atoms. The molecule has 0 unspecified atom stereocenters. The Bertz CT molecular complexity index is 996. The summed E-state index contributed by atoms with van der Waals surface area (Å²) in [6, 6.07) is 19.5. The van der Waals surface area contributed by atoms with Gasteiger partial charge in [-0.2, -0.15) is 0 Å². The molecule has 2 heterocycles. The molecule has 0 bridgehead atoms. The number of pyridine rings is 1. The van der Waals surface area contributed by atoms with Crippen molar-refractivity contribution < 1.29 is 0 Å². The summed E-state index contributed by atoms with van der Waals surface area (Å²) in [7, 11) is 0. The molecule has 5 nitrogen and oxygen atoms in total. The summed E-state index contributed by atoms with van der Waals surface area (Å²) in [5, 5.41) is 8.75. The van der Waals surface area contributed by atoms with Gasteiger partial charge in [-0.05, 0) is 54.1 Å². The van der Waals surface area contributed by atoms with E-state index in [9.17, 15) is 0 Å². The molecule has 1 N–H and O–H groups in total. The summed E-state index contributed by atoms with van der Waals surface area (Å²) in [5.41, 5.74) is 4.01. The largest absolute Gasteiger partial charge is 0.380 e. The van der Waals surface area contributed by atoms with E-state index in [0.29, 0.717) is 17.4 Å². The van der Waals surface area contributed by atoms with Gasteiger partial charge >= 0.3 is 0 Å². The van der Waals surface area contributed by atoms with Crippen molar-refractivity contribution in [2.24, 2.45) is 0 Å². The molecule has 2 aromatic carbocycles. The maximum Gasteiger partial charge on any atom is 0.183 e. The molecule has 0 amide bonds. The van der Waals surface area contributed by atoms with Gasteiger partial charge in [-0.25, -0.2) is 9.67 Å². The quantitative estimate of drug-likeness (QED) is 0.564. The van der Waals surface area contributed by atoms with E-state index in [-0.39, 0.29) is 0 Å². The van der Waals surface area contributed by atoms with Gasteiger partial charge in [0.2, 0.25) is 0 Å². The Balaban J connectivity index is 1.59. The molecule has 2 aromatic heterocycles. The van der Waals surface area contributed by atoms with Crippen LogP contribution in [0.4, 0.5) is 5.69 Å². The summed E-state index contributed by atoms with van der Waals surface area (Å²) in [6.07, 6.45) is 5.29. The molecule has 0 atom stereocenters. The molecule has 0 saturated carbocycles. The number of rotatable bonds is 5. The van der Waals surface area contributed by atoms with Crippen LogP contribution in [-0.4, -0.2) is 19.7 Å². The lowest BCUT2D eigenvalue weighted by Crippen LogP contribution is -2.01. The minimum atomic E-state index is 0.665. The monoisotopic (exact) mass is 361 g/mol. The standard InChI is InChI=1S/C20H16ClN5/c21-16-5-7-17(8-6-16)26-14-24-20(25-26)18-3-1-2-4-19(18)23-13-15-9-11-22-12-10-15/h1-12,14,23H,13H2. The molecule has 4 rings (SSSR count). The lowest BCUT2D eigenvalue weighted by molar-refractivity contribution is 0.882. The van der Waals surface area contributed by atoms with Gasteiger partial charge in [0.15, 0.2) is 5.82 Å². The molecular formula is C20H16ClN5. The Morgan fingerprint density at radius 3 is 2.50 bits per heavy atom. The molecule has 0 aliphatic rings. The van der Waals surface area contributed by atoms with Crippen molar-refractivity contribution in [2.45, 2.75) is 6.54 Å². The van der Waals surface area contributed by atoms with Gasteiger partial charge in [0.1, 0.15) is 6.33 Å². The fourth-order valence-electron chi connectivity index (χ4n) is 2.63. The average Bonchev–Trinajstić information content (AvgIpc) is 3.18. The van der Waals surface area contributed by atoms with E-state index in [1.165, 1.54) is 0 Å². The first kappa shape index (κ1) is 16.3. The fourth-order valence-corrected chi connectivity index (χ4v) is 2.76. The molecule has 0 spiro atoms. The van der Waals surface area contributed by atoms with Gasteiger partial charge in [0, 0.05) is 35.2 Å². The van der Waals surface area contributed by atoms with Crippen LogP contribution >= 0.6 is 11.6 Å². The molecule has 0 aliphatic heterocycles. The summed E-state index contributed by atoms with van der Waals surface area (Å²) in [4.78, 5) is 8.51. The molecule has 0 fully saturated rings. The average molecular weight is 362 g/mol. The highest BCUT2D eigenvalue weighted by Crippen LogP contribution is 2.26. The second-order valence-corrected chi connectivity index (χ2v) is 6.18. The van der Waals surface area contributed by atoms with Crippen molar-refractivity contribution in [3.05, 3.63) is 90.0 Å². The Morgan fingerprint density at radius 2 is 1.69 bits per heavy atom. The summed E-state index contributed by atoms with van der Waals surface area (Å²) in [6.45, 7) is 0.706. The number of halogens is 1. The Kier molecular flexibility index (Phi) is 4.62. The van der Waals surface area contributed by atoms with E-state index in [0.717, 1.165) is 22.5 Å². The van der Waals surface area contributed by atoms with E-state index in [1.54, 1.807) is 23.4 Å². The number of aromatic nitrogens is 4. The van der Waals surface area contributed by atoms with E-state index in [4.69, 9.17) is 11.6 Å². The maximum atomic E-state index is 5.95. The van der Waals surface area contributed by atoms with Gasteiger partial charge in [-0.1, -0.05) is 23.7 Å². The van der Waals surface area contributed by atoms with Crippen LogP contribution < -0.4 is 5.32 Å². The number of nitrogens with zero attached hydrogens (tertiary/aromatic N) is 4. The van der Waals surface area contributed by atoms with Crippen LogP contribution in [0.15, 0.2) is 79.4 Å². The molecule has 128 valence electrons. The summed E-state index contributed by atoms with van der Waals surface area (Å²) in [5.74, 6) is 0.665. The third-order valence-electron chi connectivity index (χ3n) is 3.98. The molecule has 4 aromatic rings. The molecule has 0 saturated heterocycles. The second-order valence-electron chi connectivity index (χ2n) is 5.74. The van der Waals surface area contributed by atoms with Crippen molar-refractivity contribution in [3.63, 3.8) is 0 Å². The van der Waals surface area contributed by atoms with Crippen molar-refractivity contribution in [1.29, 1.82) is 0 Å². The number of benzene rings is 2. The maximum absolute atomic E-state index is 5.95. The van der Waals surface area contributed by atoms with Crippen molar-refractivity contribution >= 4 is 17.3 Å². The predicted molar refractivity (Wildman–Crippen MR) is 103 cm³/mol. The zero-order chi connectivity index (χ0) is 17.8. The SMILES string of the molecule is Clc1ccc(-n2cnc(-c3ccccc3NCc3ccncc3)n2)cc1. The normalized spacial score (nSPS) is 10.7. The molecule has 0 aliphatic carbocycles. The van der Waals surface area contributed by atoms with Crippen molar-refractivity contribution in [3.8, 4) is 17.1 Å². The van der Waals surface area contributed by atoms with Crippen LogP contribution in [0, 0.1) is 0 Å². The number of nitrogens with one attached hydrogen (secondary N) is 1. The van der Waals surface area contributed by atoms with Crippen LogP contribution in [0.5, 0.6) is 0 Å². The number of para-hydroxylation sites is 1. The highest BCUT2D eigenvalue weighted by Gasteiger charge is 2.10. The van der Waals surface area contributed by atoms with Gasteiger partial charge in [-0.15, -0.1) is 5.10 Å². The number of hydrogen-bond acceptors (Lipinski definition) is 4. The first-order chi connectivity index (χ1) is 12.8. The zero-order valence-corrected chi connectivity index (χ0v) is 14.6. The fraction of sp³-hybridized carbons (Fsp3) is 0.0500. The lowest BCUT2D eigenvalue weighted by atomic mass is 10.1. The first-order valence-electron chi connectivity index (χ1n) is 8.19. The zero-order valence-electron chi connectivity index (χ0n) is 13.9. The van der Waals surface area contributed by atoms with Crippen LogP contribution in [0.3, 0.4) is 0 Å². The van der Waals surface area contributed by atoms with Crippen LogP contribution in [0.2, 0.25) is 5.02 Å². The second kappa shape index (κ2) is 7.37. The summed E-state index contributed by atoms with van der Waals surface area (Å²) >= 11 is 5.95. The smallest absolute Gasteiger partial charge is 0.183 e. The number of hydrogen-bond donors (Lipinski definition) is 1. The third kappa shape index (κ3) is 3.58. The Morgan fingerprint density at radius 1 is 0.923 bits per heavy atom. The minimum Gasteiger partial charge on any atom is -0.380 e. The first-order valence-corrected chi connectivity index (χ1v) is 8.57. The van der Waals surface area contributed by atoms with Gasteiger partial charge in [0.25, 0.3) is 0 Å². The van der Waals surface area contributed by atoms with Gasteiger partial charge in [-0.3, -0.25) is 4.98 Å². The molecular weight excluding hydrogens is 346 g/mol. The Hall–Kier alpha value is -3.18. The predicted octanol–water partition coefficient (Wildman–Crippen LogP) is 4.59. The van der Waals surface area contributed by atoms with Crippen LogP contribution in [-0.2, 0) is 6.54 Å². The molecule has 6 heteroatoms. The minimum absolute atomic E-state index is 0.665. The highest BCUT2D eigenvalue weighted by molar-refractivity contribution is 6.30. The van der Waals surface area contributed by atoms with E-state index >= 15 is 0 Å². The highest BCUT2D eigenvalue weighted by atomic mass is 35.5. The van der Waals surface area contributed by atoms with Crippen LogP contribution in [0.1, 0.15) is 5.56 Å². The summed E-state index contributed by atoms with van der Waals surface area (Å²) < 4.78 is 1.74. The van der Waals surface area contributed by atoms with E-state index < -0.39 is 0 Å². The van der Waals surface area contributed by atoms with Gasteiger partial charge < -0.3 is 5.32 Å². The number of anilines is 1. The van der Waals surface area contributed by atoms with Crippen LogP contribution in [0.25, 0.3) is 17.1 Å². The third-order valence-corrected chi connectivity index (χ3v) is 4.24. The van der Waals surface area contributed by atoms with E-state index in [2.05, 4.69) is 20.4 Å².